The molecule has 13 heavy (non-hydrogen) atoms. The molecule has 1 rings (SSSR count). The monoisotopic (exact) mass is 192 g/mol. The lowest BCUT2D eigenvalue weighted by molar-refractivity contribution is -0.261. The first-order valence-electron chi connectivity index (χ1n) is 4.31. The molecule has 3 N–H and O–H groups in total. The van der Waals surface area contributed by atoms with E-state index in [1.54, 1.807) is 0 Å². The van der Waals surface area contributed by atoms with Gasteiger partial charge in [0.2, 0.25) is 5.79 Å². The molecule has 0 bridgehead atoms. The lowest BCUT2D eigenvalue weighted by Gasteiger charge is -2.27. The molecule has 1 aliphatic heterocycles. The molecule has 1 heterocycles. The summed E-state index contributed by atoms with van der Waals surface area (Å²) in [6.45, 7) is 1.35. The van der Waals surface area contributed by atoms with E-state index in [9.17, 15) is 10.2 Å². The summed E-state index contributed by atoms with van der Waals surface area (Å²) in [6, 6.07) is 0. The van der Waals surface area contributed by atoms with E-state index in [1.807, 2.05) is 6.92 Å². The van der Waals surface area contributed by atoms with Gasteiger partial charge in [-0.25, -0.2) is 0 Å². The second-order valence-electron chi connectivity index (χ2n) is 3.17. The quantitative estimate of drug-likeness (QED) is 0.526. The first-order chi connectivity index (χ1) is 6.11. The van der Waals surface area contributed by atoms with E-state index in [1.165, 1.54) is 7.11 Å². The summed E-state index contributed by atoms with van der Waals surface area (Å²) in [5.41, 5.74) is 0. The van der Waals surface area contributed by atoms with E-state index in [-0.39, 0.29) is 0 Å². The third-order valence-corrected chi connectivity index (χ3v) is 2.47. The number of hydrogen-bond acceptors (Lipinski definition) is 5. The predicted octanol–water partition coefficient (Wildman–Crippen LogP) is -1.15. The van der Waals surface area contributed by atoms with Gasteiger partial charge in [0.15, 0.2) is 0 Å². The third-order valence-electron chi connectivity index (χ3n) is 2.47. The van der Waals surface area contributed by atoms with Gasteiger partial charge in [-0.15, -0.1) is 0 Å². The molecule has 5 nitrogen and oxygen atoms in total. The zero-order valence-electron chi connectivity index (χ0n) is 7.80. The van der Waals surface area contributed by atoms with Crippen molar-refractivity contribution >= 4 is 0 Å². The van der Waals surface area contributed by atoms with Crippen molar-refractivity contribution in [3.63, 3.8) is 0 Å². The molecule has 4 atom stereocenters. The normalized spacial score (nSPS) is 45.5. The highest BCUT2D eigenvalue weighted by molar-refractivity contribution is 4.95. The molecule has 0 spiro atoms. The summed E-state index contributed by atoms with van der Waals surface area (Å²) in [6.07, 6.45) is -2.13. The van der Waals surface area contributed by atoms with Crippen LogP contribution in [0.5, 0.6) is 0 Å². The van der Waals surface area contributed by atoms with Gasteiger partial charge in [0.1, 0.15) is 18.8 Å². The topological polar surface area (TPSA) is 79.2 Å². The van der Waals surface area contributed by atoms with Crippen molar-refractivity contribution in [2.45, 2.75) is 37.4 Å². The van der Waals surface area contributed by atoms with Crippen LogP contribution in [-0.4, -0.2) is 53.1 Å². The van der Waals surface area contributed by atoms with Crippen LogP contribution in [0.25, 0.3) is 0 Å². The zero-order valence-corrected chi connectivity index (χ0v) is 7.80. The Hall–Kier alpha value is -0.200. The second-order valence-corrected chi connectivity index (χ2v) is 3.17. The fourth-order valence-electron chi connectivity index (χ4n) is 1.55. The molecular formula is C8H16O5. The standard InChI is InChI=1S/C8H16O5/c1-3-5-6(10)7(11)8(4-9,12-2)13-5/h5-7,9-11H,3-4H2,1-2H3/t5-,6-,7-,8-/m1/s1. The van der Waals surface area contributed by atoms with Crippen LogP contribution in [-0.2, 0) is 9.47 Å². The Morgan fingerprint density at radius 3 is 2.31 bits per heavy atom. The first kappa shape index (κ1) is 10.9. The minimum Gasteiger partial charge on any atom is -0.391 e. The van der Waals surface area contributed by atoms with E-state index in [2.05, 4.69) is 0 Å². The van der Waals surface area contributed by atoms with E-state index >= 15 is 0 Å². The molecular weight excluding hydrogens is 176 g/mol. The lowest BCUT2D eigenvalue weighted by atomic mass is 10.0. The average Bonchev–Trinajstić information content (AvgIpc) is 2.42. The van der Waals surface area contributed by atoms with Crippen molar-refractivity contribution in [1.82, 2.24) is 0 Å². The highest BCUT2D eigenvalue weighted by atomic mass is 16.7. The Morgan fingerprint density at radius 1 is 1.46 bits per heavy atom. The molecule has 1 saturated heterocycles. The Labute approximate surface area is 76.9 Å². The van der Waals surface area contributed by atoms with Crippen molar-refractivity contribution in [1.29, 1.82) is 0 Å². The number of aliphatic hydroxyl groups is 3. The van der Waals surface area contributed by atoms with Gasteiger partial charge < -0.3 is 24.8 Å². The van der Waals surface area contributed by atoms with E-state index < -0.39 is 30.7 Å². The average molecular weight is 192 g/mol. The summed E-state index contributed by atoms with van der Waals surface area (Å²) < 4.78 is 10.1. The number of rotatable bonds is 3. The predicted molar refractivity (Wildman–Crippen MR) is 44.0 cm³/mol. The molecule has 0 aliphatic carbocycles. The van der Waals surface area contributed by atoms with Crippen LogP contribution in [0.4, 0.5) is 0 Å². The Balaban J connectivity index is 2.79. The third kappa shape index (κ3) is 1.58. The molecule has 0 aromatic heterocycles. The number of methoxy groups -OCH3 is 1. The van der Waals surface area contributed by atoms with Crippen molar-refractivity contribution in [2.24, 2.45) is 0 Å². The van der Waals surface area contributed by atoms with Gasteiger partial charge >= 0.3 is 0 Å². The molecule has 5 heteroatoms. The minimum atomic E-state index is -1.46. The summed E-state index contributed by atoms with van der Waals surface area (Å²) in [7, 11) is 1.32. The van der Waals surface area contributed by atoms with Crippen molar-refractivity contribution in [3.8, 4) is 0 Å². The minimum absolute atomic E-state index is 0.474. The van der Waals surface area contributed by atoms with Crippen molar-refractivity contribution in [3.05, 3.63) is 0 Å². The van der Waals surface area contributed by atoms with Crippen molar-refractivity contribution < 1.29 is 24.8 Å². The molecule has 0 amide bonds. The van der Waals surface area contributed by atoms with Crippen molar-refractivity contribution in [2.75, 3.05) is 13.7 Å². The largest absolute Gasteiger partial charge is 0.391 e. The Kier molecular flexibility index (Phi) is 3.26. The highest BCUT2D eigenvalue weighted by Gasteiger charge is 2.53. The van der Waals surface area contributed by atoms with Crippen LogP contribution in [0.3, 0.4) is 0 Å². The van der Waals surface area contributed by atoms with Gasteiger partial charge in [-0.1, -0.05) is 6.92 Å². The van der Waals surface area contributed by atoms with E-state index in [4.69, 9.17) is 14.6 Å². The molecule has 0 saturated carbocycles. The van der Waals surface area contributed by atoms with Crippen LogP contribution < -0.4 is 0 Å². The molecule has 0 radical (unpaired) electrons. The van der Waals surface area contributed by atoms with Gasteiger partial charge in [0.25, 0.3) is 0 Å². The molecule has 78 valence electrons. The van der Waals surface area contributed by atoms with Gasteiger partial charge in [-0.3, -0.25) is 0 Å². The van der Waals surface area contributed by atoms with Gasteiger partial charge in [0, 0.05) is 7.11 Å². The van der Waals surface area contributed by atoms with E-state index in [0.717, 1.165) is 0 Å². The SMILES string of the molecule is CC[C@H]1O[C@@](CO)(OC)[C@H](O)[C@@H]1O. The number of hydrogen-bond donors (Lipinski definition) is 3. The number of ether oxygens (including phenoxy) is 2. The van der Waals surface area contributed by atoms with Gasteiger partial charge in [-0.05, 0) is 6.42 Å². The van der Waals surface area contributed by atoms with Gasteiger partial charge in [-0.2, -0.15) is 0 Å². The zero-order chi connectivity index (χ0) is 10.1. The maximum Gasteiger partial charge on any atom is 0.221 e. The number of aliphatic hydroxyl groups excluding tert-OH is 3. The Bertz CT molecular complexity index is 168. The summed E-state index contributed by atoms with van der Waals surface area (Å²) in [5, 5.41) is 28.0. The second kappa shape index (κ2) is 3.89. The molecule has 0 aromatic rings. The van der Waals surface area contributed by atoms with E-state index in [0.29, 0.717) is 6.42 Å². The lowest BCUT2D eigenvalue weighted by Crippen LogP contribution is -2.47. The smallest absolute Gasteiger partial charge is 0.221 e. The maximum absolute atomic E-state index is 9.55. The van der Waals surface area contributed by atoms with Crippen LogP contribution in [0.2, 0.25) is 0 Å². The Morgan fingerprint density at radius 2 is 2.08 bits per heavy atom. The fourth-order valence-corrected chi connectivity index (χ4v) is 1.55. The maximum atomic E-state index is 9.55. The highest BCUT2D eigenvalue weighted by Crippen LogP contribution is 2.32. The van der Waals surface area contributed by atoms with Crippen LogP contribution in [0.15, 0.2) is 0 Å². The molecule has 1 fully saturated rings. The van der Waals surface area contributed by atoms with Crippen LogP contribution >= 0.6 is 0 Å². The van der Waals surface area contributed by atoms with Crippen LogP contribution in [0.1, 0.15) is 13.3 Å². The van der Waals surface area contributed by atoms with Crippen LogP contribution in [0, 0.1) is 0 Å². The summed E-state index contributed by atoms with van der Waals surface area (Å²) >= 11 is 0. The molecule has 0 unspecified atom stereocenters. The summed E-state index contributed by atoms with van der Waals surface area (Å²) in [4.78, 5) is 0. The molecule has 1 aliphatic rings. The molecule has 0 aromatic carbocycles. The van der Waals surface area contributed by atoms with Gasteiger partial charge in [0.05, 0.1) is 6.10 Å². The first-order valence-corrected chi connectivity index (χ1v) is 4.31. The fraction of sp³-hybridized carbons (Fsp3) is 1.00. The summed E-state index contributed by atoms with van der Waals surface area (Å²) in [5.74, 6) is -1.46.